The van der Waals surface area contributed by atoms with Crippen molar-refractivity contribution in [3.05, 3.63) is 199 Å². The maximum absolute atomic E-state index is 6.38. The first-order chi connectivity index (χ1) is 31.7. The van der Waals surface area contributed by atoms with Gasteiger partial charge < -0.3 is 4.42 Å². The summed E-state index contributed by atoms with van der Waals surface area (Å²) in [6.45, 7) is 0. The summed E-state index contributed by atoms with van der Waals surface area (Å²) >= 11 is 1.84. The van der Waals surface area contributed by atoms with Gasteiger partial charge in [-0.05, 0) is 71.0 Å². The third-order valence-corrected chi connectivity index (χ3v) is 13.8. The Balaban J connectivity index is 0.916. The number of hydrogen-bond donors (Lipinski definition) is 0. The molecule has 0 N–H and O–H groups in total. The van der Waals surface area contributed by atoms with Crippen LogP contribution in [0.1, 0.15) is 17.5 Å². The Morgan fingerprint density at radius 3 is 1.97 bits per heavy atom. The predicted octanol–water partition coefficient (Wildman–Crippen LogP) is 15.6. The van der Waals surface area contributed by atoms with Gasteiger partial charge in [-0.15, -0.1) is 11.3 Å². The lowest BCUT2D eigenvalue weighted by atomic mass is 9.91. The predicted molar refractivity (Wildman–Crippen MR) is 265 cm³/mol. The number of rotatable bonds is 6. The summed E-state index contributed by atoms with van der Waals surface area (Å²) in [5.74, 6) is 1.84. The molecular weight excluding hydrogens is 801 g/mol. The fourth-order valence-corrected chi connectivity index (χ4v) is 10.7. The number of furan rings is 1. The second-order valence-corrected chi connectivity index (χ2v) is 17.5. The zero-order valence-corrected chi connectivity index (χ0v) is 35.3. The Kier molecular flexibility index (Phi) is 8.46. The summed E-state index contributed by atoms with van der Waals surface area (Å²) in [4.78, 5) is 20.7. The Bertz CT molecular complexity index is 3850. The van der Waals surface area contributed by atoms with Crippen molar-refractivity contribution < 1.29 is 4.42 Å². The van der Waals surface area contributed by atoms with Gasteiger partial charge in [0.05, 0.1) is 15.9 Å². The number of thiophene rings is 1. The van der Waals surface area contributed by atoms with E-state index in [9.17, 15) is 0 Å². The molecule has 8 aromatic carbocycles. The van der Waals surface area contributed by atoms with Crippen molar-refractivity contribution in [2.45, 2.75) is 12.8 Å². The van der Waals surface area contributed by atoms with Gasteiger partial charge in [0.2, 0.25) is 0 Å². The molecule has 1 aliphatic carbocycles. The van der Waals surface area contributed by atoms with Gasteiger partial charge in [0.25, 0.3) is 0 Å². The van der Waals surface area contributed by atoms with Crippen molar-refractivity contribution in [2.24, 2.45) is 0 Å². The molecule has 5 nitrogen and oxygen atoms in total. The molecule has 1 aliphatic rings. The standard InChI is InChI=1S/C58H36N4OS/c1-2-14-37(15-3-1)56-60-57(38-29-27-36(28-30-38)43-22-12-24-46-44-20-6-8-25-50(44)63-54(43)46)62-58(61-56)41-18-10-17-39(33-41)40-31-32-49-48(34-40)52-47-21-7-9-26-51(47)64-55(52)53(59-49)45-23-11-16-35-13-4-5-19-42(35)45/h1-3,5-12,14-34H,4,13H2. The highest BCUT2D eigenvalue weighted by Crippen LogP contribution is 2.45. The van der Waals surface area contributed by atoms with Gasteiger partial charge in [0.15, 0.2) is 17.5 Å². The van der Waals surface area contributed by atoms with Gasteiger partial charge in [-0.2, -0.15) is 0 Å². The molecule has 300 valence electrons. The van der Waals surface area contributed by atoms with E-state index in [-0.39, 0.29) is 0 Å². The van der Waals surface area contributed by atoms with Gasteiger partial charge in [0, 0.05) is 59.4 Å². The first-order valence-corrected chi connectivity index (χ1v) is 22.5. The molecule has 6 heteroatoms. The van der Waals surface area contributed by atoms with Crippen LogP contribution in [0.5, 0.6) is 0 Å². The minimum absolute atomic E-state index is 0.609. The average molecular weight is 837 g/mol. The van der Waals surface area contributed by atoms with Crippen molar-refractivity contribution in [1.82, 2.24) is 19.9 Å². The summed E-state index contributed by atoms with van der Waals surface area (Å²) in [6, 6.07) is 63.8. The minimum atomic E-state index is 0.609. The van der Waals surface area contributed by atoms with Crippen molar-refractivity contribution in [3.8, 4) is 67.7 Å². The van der Waals surface area contributed by atoms with Crippen molar-refractivity contribution in [1.29, 1.82) is 0 Å². The van der Waals surface area contributed by atoms with E-state index >= 15 is 0 Å². The van der Waals surface area contributed by atoms with Crippen LogP contribution in [0.15, 0.2) is 192 Å². The quantitative estimate of drug-likeness (QED) is 0.167. The normalized spacial score (nSPS) is 12.5. The van der Waals surface area contributed by atoms with Crippen molar-refractivity contribution in [2.75, 3.05) is 0 Å². The molecule has 0 saturated carbocycles. The SMILES string of the molecule is C1=Cc2c(cccc2-c2nc3ccc(-c4cccc(-c5nc(-c6ccccc6)nc(-c6ccc(-c7cccc8c7oc7ccccc78)cc6)n5)c4)cc3c3c2sc2ccccc23)CC1. The second kappa shape index (κ2) is 14.8. The van der Waals surface area contributed by atoms with E-state index in [0.29, 0.717) is 17.5 Å². The number of pyridine rings is 1. The van der Waals surface area contributed by atoms with E-state index in [1.807, 2.05) is 53.8 Å². The van der Waals surface area contributed by atoms with Crippen LogP contribution in [0.4, 0.5) is 0 Å². The number of nitrogens with zero attached hydrogens (tertiary/aromatic N) is 4. The molecule has 0 bridgehead atoms. The summed E-state index contributed by atoms with van der Waals surface area (Å²) in [6.07, 6.45) is 6.71. The number of benzene rings is 8. The average Bonchev–Trinajstić information content (AvgIpc) is 3.96. The lowest BCUT2D eigenvalue weighted by Gasteiger charge is -2.16. The highest BCUT2D eigenvalue weighted by molar-refractivity contribution is 7.26. The molecule has 0 saturated heterocycles. The molecule has 0 fully saturated rings. The largest absolute Gasteiger partial charge is 0.455 e. The van der Waals surface area contributed by atoms with Crippen LogP contribution in [-0.2, 0) is 6.42 Å². The van der Waals surface area contributed by atoms with Gasteiger partial charge in [-0.1, -0.05) is 164 Å². The van der Waals surface area contributed by atoms with Crippen LogP contribution in [-0.4, -0.2) is 19.9 Å². The van der Waals surface area contributed by atoms with E-state index in [1.165, 1.54) is 36.9 Å². The number of aryl methyl sites for hydroxylation is 1. The second-order valence-electron chi connectivity index (χ2n) is 16.4. The molecule has 12 aromatic rings. The Morgan fingerprint density at radius 1 is 0.453 bits per heavy atom. The van der Waals surface area contributed by atoms with E-state index in [0.717, 1.165) is 90.3 Å². The summed E-state index contributed by atoms with van der Waals surface area (Å²) in [5, 5.41) is 5.88. The summed E-state index contributed by atoms with van der Waals surface area (Å²) < 4.78 is 8.86. The van der Waals surface area contributed by atoms with E-state index in [4.69, 9.17) is 24.4 Å². The topological polar surface area (TPSA) is 64.7 Å². The van der Waals surface area contributed by atoms with Crippen LogP contribution < -0.4 is 0 Å². The Hall–Kier alpha value is -8.06. The number of hydrogen-bond acceptors (Lipinski definition) is 6. The fourth-order valence-electron chi connectivity index (χ4n) is 9.48. The zero-order chi connectivity index (χ0) is 42.1. The molecular formula is C58H36N4OS. The molecule has 0 unspecified atom stereocenters. The first kappa shape index (κ1) is 36.6. The van der Waals surface area contributed by atoms with Gasteiger partial charge in [0.1, 0.15) is 11.2 Å². The Morgan fingerprint density at radius 2 is 1.09 bits per heavy atom. The fraction of sp³-hybridized carbons (Fsp3) is 0.0345. The van der Waals surface area contributed by atoms with Crippen molar-refractivity contribution in [3.63, 3.8) is 0 Å². The number of aromatic nitrogens is 4. The molecule has 4 aromatic heterocycles. The molecule has 0 aliphatic heterocycles. The first-order valence-electron chi connectivity index (χ1n) is 21.7. The van der Waals surface area contributed by atoms with Gasteiger partial charge in [-0.25, -0.2) is 19.9 Å². The van der Waals surface area contributed by atoms with Crippen LogP contribution in [0.2, 0.25) is 0 Å². The van der Waals surface area contributed by atoms with E-state index < -0.39 is 0 Å². The highest BCUT2D eigenvalue weighted by Gasteiger charge is 2.21. The van der Waals surface area contributed by atoms with E-state index in [2.05, 4.69) is 152 Å². The lowest BCUT2D eigenvalue weighted by molar-refractivity contribution is 0.670. The van der Waals surface area contributed by atoms with Crippen LogP contribution in [0.25, 0.3) is 127 Å². The van der Waals surface area contributed by atoms with Crippen molar-refractivity contribution >= 4 is 70.4 Å². The maximum Gasteiger partial charge on any atom is 0.164 e. The maximum atomic E-state index is 6.38. The smallest absolute Gasteiger partial charge is 0.164 e. The molecule has 13 rings (SSSR count). The van der Waals surface area contributed by atoms with E-state index in [1.54, 1.807) is 0 Å². The van der Waals surface area contributed by atoms with Crippen LogP contribution >= 0.6 is 11.3 Å². The molecule has 4 heterocycles. The Labute approximate surface area is 372 Å². The zero-order valence-electron chi connectivity index (χ0n) is 34.5. The van der Waals surface area contributed by atoms with Crippen LogP contribution in [0.3, 0.4) is 0 Å². The number of para-hydroxylation sites is 2. The molecule has 64 heavy (non-hydrogen) atoms. The summed E-state index contributed by atoms with van der Waals surface area (Å²) in [7, 11) is 0. The third kappa shape index (κ3) is 6.06. The van der Waals surface area contributed by atoms with Gasteiger partial charge in [-0.3, -0.25) is 0 Å². The molecule has 0 amide bonds. The molecule has 0 atom stereocenters. The minimum Gasteiger partial charge on any atom is -0.455 e. The summed E-state index contributed by atoms with van der Waals surface area (Å²) in [5.41, 5.74) is 14.7. The van der Waals surface area contributed by atoms with Gasteiger partial charge >= 0.3 is 0 Å². The highest BCUT2D eigenvalue weighted by atomic mass is 32.1. The third-order valence-electron chi connectivity index (χ3n) is 12.6. The molecule has 0 spiro atoms. The molecule has 0 radical (unpaired) electrons. The number of allylic oxidation sites excluding steroid dienone is 1. The lowest BCUT2D eigenvalue weighted by Crippen LogP contribution is -2.00. The number of fused-ring (bicyclic) bond motifs is 9. The monoisotopic (exact) mass is 836 g/mol. The van der Waals surface area contributed by atoms with Crippen LogP contribution in [0, 0.1) is 0 Å².